The second-order valence-corrected chi connectivity index (χ2v) is 8.37. The maximum Gasteiger partial charge on any atom is 0.262 e. The Bertz CT molecular complexity index is 1070. The first-order valence-electron chi connectivity index (χ1n) is 9.79. The molecule has 3 aromatic carbocycles. The summed E-state index contributed by atoms with van der Waals surface area (Å²) >= 11 is 3.46. The molecule has 2 aliphatic rings. The molecule has 0 spiro atoms. The molecule has 6 heteroatoms. The van der Waals surface area contributed by atoms with Crippen LogP contribution in [-0.4, -0.2) is 22.8 Å². The van der Waals surface area contributed by atoms with Crippen molar-refractivity contribution in [3.8, 4) is 0 Å². The predicted octanol–water partition coefficient (Wildman–Crippen LogP) is 4.50. The van der Waals surface area contributed by atoms with E-state index in [1.165, 1.54) is 4.90 Å². The summed E-state index contributed by atoms with van der Waals surface area (Å²) in [5.41, 5.74) is 2.66. The van der Waals surface area contributed by atoms with Gasteiger partial charge in [0.05, 0.1) is 18.3 Å². The maximum atomic E-state index is 13.4. The van der Waals surface area contributed by atoms with Crippen LogP contribution < -0.4 is 5.06 Å². The first-order chi connectivity index (χ1) is 14.6. The highest BCUT2D eigenvalue weighted by atomic mass is 79.9. The molecule has 0 radical (unpaired) electrons. The van der Waals surface area contributed by atoms with Crippen LogP contribution in [0, 0.1) is 5.92 Å². The van der Waals surface area contributed by atoms with Crippen molar-refractivity contribution in [3.05, 3.63) is 101 Å². The molecule has 2 aliphatic heterocycles. The van der Waals surface area contributed by atoms with E-state index in [0.717, 1.165) is 21.3 Å². The SMILES string of the molecule is O=C1[C@@H]2[C@@H](ON(c3ccccc3)[C@H]2c2ccc(Br)cc2)C(=O)N1Cc1ccccc1. The van der Waals surface area contributed by atoms with Gasteiger partial charge in [-0.25, -0.2) is 5.06 Å². The van der Waals surface area contributed by atoms with Crippen LogP contribution in [0.15, 0.2) is 89.4 Å². The summed E-state index contributed by atoms with van der Waals surface area (Å²) in [6.07, 6.45) is -0.824. The summed E-state index contributed by atoms with van der Waals surface area (Å²) in [6.45, 7) is 0.257. The third-order valence-electron chi connectivity index (χ3n) is 5.61. The molecule has 0 aromatic heterocycles. The fourth-order valence-electron chi connectivity index (χ4n) is 4.19. The van der Waals surface area contributed by atoms with E-state index in [2.05, 4.69) is 15.9 Å². The van der Waals surface area contributed by atoms with Crippen LogP contribution >= 0.6 is 15.9 Å². The summed E-state index contributed by atoms with van der Waals surface area (Å²) in [5.74, 6) is -1.07. The summed E-state index contributed by atoms with van der Waals surface area (Å²) in [5, 5.41) is 1.72. The average Bonchev–Trinajstić information content (AvgIpc) is 3.28. The largest absolute Gasteiger partial charge is 0.275 e. The summed E-state index contributed by atoms with van der Waals surface area (Å²) in [4.78, 5) is 34.0. The molecule has 150 valence electrons. The molecule has 2 heterocycles. The van der Waals surface area contributed by atoms with Crippen LogP contribution in [0.5, 0.6) is 0 Å². The minimum absolute atomic E-state index is 0.194. The number of carbonyl (C=O) groups is 2. The van der Waals surface area contributed by atoms with Crippen LogP contribution in [0.1, 0.15) is 17.2 Å². The fourth-order valence-corrected chi connectivity index (χ4v) is 4.46. The lowest BCUT2D eigenvalue weighted by Crippen LogP contribution is -2.36. The number of halogens is 1. The van der Waals surface area contributed by atoms with Crippen LogP contribution in [-0.2, 0) is 21.0 Å². The van der Waals surface area contributed by atoms with Gasteiger partial charge in [-0.1, -0.05) is 76.6 Å². The number of carbonyl (C=O) groups excluding carboxylic acids is 2. The average molecular weight is 463 g/mol. The highest BCUT2D eigenvalue weighted by Crippen LogP contribution is 2.47. The quantitative estimate of drug-likeness (QED) is 0.535. The Balaban J connectivity index is 1.52. The van der Waals surface area contributed by atoms with Gasteiger partial charge >= 0.3 is 0 Å². The number of nitrogens with zero attached hydrogens (tertiary/aromatic N) is 2. The fraction of sp³-hybridized carbons (Fsp3) is 0.167. The van der Waals surface area contributed by atoms with E-state index >= 15 is 0 Å². The Morgan fingerprint density at radius 2 is 1.43 bits per heavy atom. The Kier molecular flexibility index (Phi) is 4.89. The van der Waals surface area contributed by atoms with E-state index in [-0.39, 0.29) is 24.4 Å². The minimum Gasteiger partial charge on any atom is -0.275 e. The minimum atomic E-state index is -0.824. The summed E-state index contributed by atoms with van der Waals surface area (Å²) in [7, 11) is 0. The van der Waals surface area contributed by atoms with E-state index in [1.54, 1.807) is 5.06 Å². The van der Waals surface area contributed by atoms with Crippen LogP contribution in [0.4, 0.5) is 5.69 Å². The topological polar surface area (TPSA) is 49.9 Å². The first kappa shape index (κ1) is 19.0. The maximum absolute atomic E-state index is 13.4. The van der Waals surface area contributed by atoms with Gasteiger partial charge in [-0.15, -0.1) is 0 Å². The summed E-state index contributed by atoms with van der Waals surface area (Å²) in [6, 6.07) is 26.6. The van der Waals surface area contributed by atoms with Gasteiger partial charge in [-0.3, -0.25) is 19.3 Å². The Morgan fingerprint density at radius 1 is 0.800 bits per heavy atom. The highest BCUT2D eigenvalue weighted by molar-refractivity contribution is 9.10. The Hall–Kier alpha value is -2.96. The predicted molar refractivity (Wildman–Crippen MR) is 116 cm³/mol. The van der Waals surface area contributed by atoms with Gasteiger partial charge in [0, 0.05) is 4.47 Å². The third kappa shape index (κ3) is 3.22. The molecule has 2 fully saturated rings. The monoisotopic (exact) mass is 462 g/mol. The molecule has 5 rings (SSSR count). The van der Waals surface area contributed by atoms with Crippen LogP contribution in [0.25, 0.3) is 0 Å². The van der Waals surface area contributed by atoms with Crippen molar-refractivity contribution in [2.75, 3.05) is 5.06 Å². The number of hydroxylamine groups is 1. The van der Waals surface area contributed by atoms with Gasteiger partial charge in [0.2, 0.25) is 5.91 Å². The van der Waals surface area contributed by atoms with Crippen molar-refractivity contribution >= 4 is 33.4 Å². The van der Waals surface area contributed by atoms with Crippen molar-refractivity contribution in [1.29, 1.82) is 0 Å². The molecular formula is C24H19BrN2O3. The molecule has 2 amide bonds. The zero-order valence-corrected chi connectivity index (χ0v) is 17.6. The Morgan fingerprint density at radius 3 is 2.10 bits per heavy atom. The lowest BCUT2D eigenvalue weighted by atomic mass is 9.90. The lowest BCUT2D eigenvalue weighted by molar-refractivity contribution is -0.143. The smallest absolute Gasteiger partial charge is 0.262 e. The van der Waals surface area contributed by atoms with E-state index in [0.29, 0.717) is 0 Å². The molecule has 30 heavy (non-hydrogen) atoms. The van der Waals surface area contributed by atoms with Gasteiger partial charge in [-0.05, 0) is 35.4 Å². The molecule has 5 nitrogen and oxygen atoms in total. The summed E-state index contributed by atoms with van der Waals surface area (Å²) < 4.78 is 0.951. The third-order valence-corrected chi connectivity index (χ3v) is 6.14. The molecule has 0 aliphatic carbocycles. The van der Waals surface area contributed by atoms with Crippen molar-refractivity contribution in [1.82, 2.24) is 4.90 Å². The molecule has 0 bridgehead atoms. The number of hydrogen-bond donors (Lipinski definition) is 0. The number of hydrogen-bond acceptors (Lipinski definition) is 4. The van der Waals surface area contributed by atoms with Crippen molar-refractivity contribution in [2.45, 2.75) is 18.7 Å². The molecule has 3 aromatic rings. The molecule has 0 saturated carbocycles. The van der Waals surface area contributed by atoms with E-state index in [4.69, 9.17) is 4.84 Å². The standard InChI is InChI=1S/C24H19BrN2O3/c25-18-13-11-17(12-14-18)21-20-22(30-27(21)19-9-5-2-6-10-19)24(29)26(23(20)28)15-16-7-3-1-4-8-16/h1-14,20-22H,15H2/t20-,21-,22+/m0/s1. The zero-order valence-electron chi connectivity index (χ0n) is 16.0. The zero-order chi connectivity index (χ0) is 20.7. The Labute approximate surface area is 183 Å². The number of rotatable bonds is 4. The molecule has 3 atom stereocenters. The second-order valence-electron chi connectivity index (χ2n) is 7.46. The van der Waals surface area contributed by atoms with E-state index in [1.807, 2.05) is 84.9 Å². The van der Waals surface area contributed by atoms with Gasteiger partial charge in [-0.2, -0.15) is 0 Å². The molecule has 2 saturated heterocycles. The lowest BCUT2D eigenvalue weighted by Gasteiger charge is -2.28. The molecule has 0 N–H and O–H groups in total. The van der Waals surface area contributed by atoms with Gasteiger partial charge in [0.25, 0.3) is 5.91 Å². The van der Waals surface area contributed by atoms with Gasteiger partial charge in [0.15, 0.2) is 6.10 Å². The number of anilines is 1. The molecular weight excluding hydrogens is 444 g/mol. The second kappa shape index (κ2) is 7.70. The number of benzene rings is 3. The number of imide groups is 1. The van der Waals surface area contributed by atoms with Crippen molar-refractivity contribution in [2.24, 2.45) is 5.92 Å². The number of likely N-dealkylation sites (tertiary alicyclic amines) is 1. The highest BCUT2D eigenvalue weighted by Gasteiger charge is 2.59. The van der Waals surface area contributed by atoms with Crippen LogP contribution in [0.3, 0.4) is 0 Å². The van der Waals surface area contributed by atoms with Crippen LogP contribution in [0.2, 0.25) is 0 Å². The van der Waals surface area contributed by atoms with Gasteiger partial charge < -0.3 is 0 Å². The van der Waals surface area contributed by atoms with Gasteiger partial charge in [0.1, 0.15) is 5.92 Å². The number of fused-ring (bicyclic) bond motifs is 1. The van der Waals surface area contributed by atoms with E-state index in [9.17, 15) is 9.59 Å². The number of amides is 2. The van der Waals surface area contributed by atoms with Crippen molar-refractivity contribution in [3.63, 3.8) is 0 Å². The number of para-hydroxylation sites is 1. The van der Waals surface area contributed by atoms with E-state index < -0.39 is 12.0 Å². The normalized spacial score (nSPS) is 23.2. The first-order valence-corrected chi connectivity index (χ1v) is 10.6. The molecule has 0 unspecified atom stereocenters. The van der Waals surface area contributed by atoms with Crippen molar-refractivity contribution < 1.29 is 14.4 Å².